The fraction of sp³-hybridized carbons (Fsp3) is 1.00. The van der Waals surface area contributed by atoms with Crippen LogP contribution in [0.2, 0.25) is 0 Å². The largest absolute Gasteiger partial charge is 0.377 e. The number of methoxy groups -OCH3 is 1. The van der Waals surface area contributed by atoms with Gasteiger partial charge in [-0.25, -0.2) is 0 Å². The number of nitrogens with two attached hydrogens (primary N) is 1. The Bertz CT molecular complexity index is 80.9. The second-order valence-electron chi connectivity index (χ2n) is 2.80. The normalized spacial score (nSPS) is 24.7. The molecule has 0 radical (unpaired) electrons. The van der Waals surface area contributed by atoms with Gasteiger partial charge in [0.25, 0.3) is 0 Å². The van der Waals surface area contributed by atoms with Crippen molar-refractivity contribution in [3.63, 3.8) is 0 Å². The molecule has 1 rings (SSSR count). The number of rotatable bonds is 2. The lowest BCUT2D eigenvalue weighted by atomic mass is 10.0. The molecular formula is C7H15NO. The molecule has 54 valence electrons. The Morgan fingerprint density at radius 1 is 1.44 bits per heavy atom. The van der Waals surface area contributed by atoms with E-state index in [1.165, 1.54) is 12.8 Å². The van der Waals surface area contributed by atoms with Crippen molar-refractivity contribution in [2.24, 2.45) is 5.73 Å². The van der Waals surface area contributed by atoms with Gasteiger partial charge < -0.3 is 10.5 Å². The third-order valence-electron chi connectivity index (χ3n) is 2.32. The predicted molar refractivity (Wildman–Crippen MR) is 37.3 cm³/mol. The summed E-state index contributed by atoms with van der Waals surface area (Å²) in [4.78, 5) is 0. The van der Waals surface area contributed by atoms with E-state index in [1.54, 1.807) is 7.11 Å². The minimum atomic E-state index is 0.0556. The van der Waals surface area contributed by atoms with E-state index in [9.17, 15) is 0 Å². The van der Waals surface area contributed by atoms with Crippen molar-refractivity contribution in [1.29, 1.82) is 0 Å². The monoisotopic (exact) mass is 129 g/mol. The molecule has 0 aromatic rings. The number of hydrogen-bond acceptors (Lipinski definition) is 2. The van der Waals surface area contributed by atoms with Crippen LogP contribution in [0, 0.1) is 0 Å². The van der Waals surface area contributed by atoms with Crippen molar-refractivity contribution in [1.82, 2.24) is 0 Å². The first-order valence-electron chi connectivity index (χ1n) is 3.58. The van der Waals surface area contributed by atoms with Crippen LogP contribution in [0.15, 0.2) is 0 Å². The van der Waals surface area contributed by atoms with Gasteiger partial charge in [0.2, 0.25) is 0 Å². The van der Waals surface area contributed by atoms with Crippen molar-refractivity contribution in [2.75, 3.05) is 13.7 Å². The van der Waals surface area contributed by atoms with Crippen LogP contribution in [-0.4, -0.2) is 19.3 Å². The van der Waals surface area contributed by atoms with Gasteiger partial charge in [-0.05, 0) is 12.8 Å². The summed E-state index contributed by atoms with van der Waals surface area (Å²) in [6.07, 6.45) is 4.87. The molecule has 0 amide bonds. The molecule has 9 heavy (non-hydrogen) atoms. The zero-order valence-corrected chi connectivity index (χ0v) is 6.02. The first kappa shape index (κ1) is 7.03. The highest BCUT2D eigenvalue weighted by Crippen LogP contribution is 2.31. The van der Waals surface area contributed by atoms with Crippen LogP contribution in [0.5, 0.6) is 0 Å². The molecule has 0 bridgehead atoms. The van der Waals surface area contributed by atoms with Gasteiger partial charge in [-0.3, -0.25) is 0 Å². The third kappa shape index (κ3) is 1.25. The van der Waals surface area contributed by atoms with E-state index in [4.69, 9.17) is 10.5 Å². The minimum absolute atomic E-state index is 0.0556. The molecule has 0 atom stereocenters. The van der Waals surface area contributed by atoms with E-state index in [1.807, 2.05) is 0 Å². The lowest BCUT2D eigenvalue weighted by molar-refractivity contribution is 0.00385. The second kappa shape index (κ2) is 2.67. The fourth-order valence-electron chi connectivity index (χ4n) is 1.51. The second-order valence-corrected chi connectivity index (χ2v) is 2.80. The van der Waals surface area contributed by atoms with Crippen molar-refractivity contribution in [3.8, 4) is 0 Å². The topological polar surface area (TPSA) is 35.2 Å². The van der Waals surface area contributed by atoms with Crippen molar-refractivity contribution >= 4 is 0 Å². The van der Waals surface area contributed by atoms with Crippen molar-refractivity contribution in [3.05, 3.63) is 0 Å². The van der Waals surface area contributed by atoms with E-state index >= 15 is 0 Å². The van der Waals surface area contributed by atoms with Crippen LogP contribution in [0.3, 0.4) is 0 Å². The highest BCUT2D eigenvalue weighted by Gasteiger charge is 2.31. The summed E-state index contributed by atoms with van der Waals surface area (Å²) in [5.74, 6) is 0. The van der Waals surface area contributed by atoms with Gasteiger partial charge in [-0.1, -0.05) is 12.8 Å². The molecule has 0 aromatic heterocycles. The molecule has 0 heterocycles. The summed E-state index contributed by atoms with van der Waals surface area (Å²) in [6, 6.07) is 0. The van der Waals surface area contributed by atoms with Crippen molar-refractivity contribution in [2.45, 2.75) is 31.3 Å². The molecule has 1 aliphatic carbocycles. The molecule has 0 spiro atoms. The number of hydrogen-bond donors (Lipinski definition) is 1. The first-order valence-corrected chi connectivity index (χ1v) is 3.58. The molecular weight excluding hydrogens is 114 g/mol. The maximum absolute atomic E-state index is 5.55. The maximum atomic E-state index is 5.55. The van der Waals surface area contributed by atoms with E-state index < -0.39 is 0 Å². The zero-order chi connectivity index (χ0) is 6.74. The fourth-order valence-corrected chi connectivity index (χ4v) is 1.51. The summed E-state index contributed by atoms with van der Waals surface area (Å²) in [5.41, 5.74) is 5.61. The smallest absolute Gasteiger partial charge is 0.0800 e. The third-order valence-corrected chi connectivity index (χ3v) is 2.32. The molecule has 0 unspecified atom stereocenters. The molecule has 0 aromatic carbocycles. The van der Waals surface area contributed by atoms with E-state index in [-0.39, 0.29) is 5.60 Å². The summed E-state index contributed by atoms with van der Waals surface area (Å²) in [5, 5.41) is 0. The summed E-state index contributed by atoms with van der Waals surface area (Å²) >= 11 is 0. The Hall–Kier alpha value is -0.0800. The van der Waals surface area contributed by atoms with Crippen LogP contribution in [0.4, 0.5) is 0 Å². The van der Waals surface area contributed by atoms with Crippen LogP contribution in [0.25, 0.3) is 0 Å². The first-order chi connectivity index (χ1) is 4.33. The summed E-state index contributed by atoms with van der Waals surface area (Å²) in [6.45, 7) is 0.684. The highest BCUT2D eigenvalue weighted by molar-refractivity contribution is 4.86. The molecule has 0 aliphatic heterocycles. The van der Waals surface area contributed by atoms with Crippen LogP contribution in [0.1, 0.15) is 25.7 Å². The van der Waals surface area contributed by atoms with E-state index in [0.29, 0.717) is 6.54 Å². The van der Waals surface area contributed by atoms with E-state index in [0.717, 1.165) is 12.8 Å². The lowest BCUT2D eigenvalue weighted by Gasteiger charge is -2.24. The molecule has 1 saturated carbocycles. The Kier molecular flexibility index (Phi) is 2.09. The summed E-state index contributed by atoms with van der Waals surface area (Å²) in [7, 11) is 1.76. The Morgan fingerprint density at radius 2 is 2.00 bits per heavy atom. The standard InChI is InChI=1S/C7H15NO/c1-9-7(6-8)4-2-3-5-7/h2-6,8H2,1H3. The molecule has 1 aliphatic rings. The lowest BCUT2D eigenvalue weighted by Crippen LogP contribution is -2.36. The average Bonchev–Trinajstić information content (AvgIpc) is 2.36. The molecule has 2 heteroatoms. The predicted octanol–water partition coefficient (Wildman–Crippen LogP) is 0.904. The van der Waals surface area contributed by atoms with Gasteiger partial charge in [0, 0.05) is 13.7 Å². The van der Waals surface area contributed by atoms with Gasteiger partial charge in [0.1, 0.15) is 0 Å². The maximum Gasteiger partial charge on any atom is 0.0800 e. The Labute approximate surface area is 56.4 Å². The molecule has 2 nitrogen and oxygen atoms in total. The van der Waals surface area contributed by atoms with Crippen molar-refractivity contribution < 1.29 is 4.74 Å². The molecule has 2 N–H and O–H groups in total. The van der Waals surface area contributed by atoms with Crippen LogP contribution < -0.4 is 5.73 Å². The Morgan fingerprint density at radius 3 is 2.22 bits per heavy atom. The average molecular weight is 129 g/mol. The van der Waals surface area contributed by atoms with Crippen LogP contribution >= 0.6 is 0 Å². The SMILES string of the molecule is COC1(CN)CCCC1. The van der Waals surface area contributed by atoms with Gasteiger partial charge in [-0.2, -0.15) is 0 Å². The molecule has 0 saturated heterocycles. The summed E-state index contributed by atoms with van der Waals surface area (Å²) < 4.78 is 5.32. The quantitative estimate of drug-likeness (QED) is 0.601. The van der Waals surface area contributed by atoms with Crippen LogP contribution in [-0.2, 0) is 4.74 Å². The van der Waals surface area contributed by atoms with Gasteiger partial charge in [0.05, 0.1) is 5.60 Å². The van der Waals surface area contributed by atoms with Gasteiger partial charge in [-0.15, -0.1) is 0 Å². The van der Waals surface area contributed by atoms with Gasteiger partial charge in [0.15, 0.2) is 0 Å². The highest BCUT2D eigenvalue weighted by atomic mass is 16.5. The Balaban J connectivity index is 2.45. The van der Waals surface area contributed by atoms with E-state index in [2.05, 4.69) is 0 Å². The number of ether oxygens (including phenoxy) is 1. The minimum Gasteiger partial charge on any atom is -0.377 e. The zero-order valence-electron chi connectivity index (χ0n) is 6.02. The van der Waals surface area contributed by atoms with Gasteiger partial charge >= 0.3 is 0 Å². The molecule has 1 fully saturated rings.